The molecule has 0 fully saturated rings. The van der Waals surface area contributed by atoms with E-state index in [4.69, 9.17) is 27.5 Å². The number of hydrogen-bond donors (Lipinski definition) is 2. The topological polar surface area (TPSA) is 59.1 Å². The van der Waals surface area contributed by atoms with Crippen LogP contribution in [0, 0.1) is 5.41 Å². The predicted molar refractivity (Wildman–Crippen MR) is 40.7 cm³/mol. The number of hydrogen-bond acceptors (Lipinski definition) is 2. The molecular formula is C4H10Cl2N2O. The Morgan fingerprint density at radius 3 is 2.56 bits per heavy atom. The van der Waals surface area contributed by atoms with Crippen molar-refractivity contribution in [1.29, 1.82) is 5.41 Å². The molecule has 3 nitrogen and oxygen atoms in total. The molecule has 0 saturated carbocycles. The molecule has 0 amide bonds. The molecule has 0 radical (unpaired) electrons. The number of halogens is 2. The summed E-state index contributed by atoms with van der Waals surface area (Å²) in [5.41, 5.74) is 4.95. The van der Waals surface area contributed by atoms with Gasteiger partial charge < -0.3 is 10.5 Å². The van der Waals surface area contributed by atoms with Crippen molar-refractivity contribution in [3.05, 3.63) is 0 Å². The van der Waals surface area contributed by atoms with Crippen LogP contribution in [0.2, 0.25) is 0 Å². The van der Waals surface area contributed by atoms with Gasteiger partial charge in [-0.2, -0.15) is 0 Å². The molecule has 0 rings (SSSR count). The zero-order chi connectivity index (χ0) is 6.41. The molecule has 0 aliphatic rings. The first-order chi connectivity index (χ1) is 3.77. The second-order valence-corrected chi connectivity index (χ2v) is 1.64. The van der Waals surface area contributed by atoms with Crippen molar-refractivity contribution in [2.75, 3.05) is 19.1 Å². The molecule has 0 heterocycles. The lowest BCUT2D eigenvalue weighted by atomic mass is 10.6. The van der Waals surface area contributed by atoms with Crippen molar-refractivity contribution in [1.82, 2.24) is 0 Å². The summed E-state index contributed by atoms with van der Waals surface area (Å²) >= 11 is 5.25. The number of nitrogens with one attached hydrogen (secondary N) is 1. The van der Waals surface area contributed by atoms with Crippen LogP contribution >= 0.6 is 24.0 Å². The third kappa shape index (κ3) is 11.5. The fourth-order valence-corrected chi connectivity index (χ4v) is 0.346. The van der Waals surface area contributed by atoms with Crippen LogP contribution in [0.1, 0.15) is 0 Å². The first kappa shape index (κ1) is 11.8. The molecule has 9 heavy (non-hydrogen) atoms. The van der Waals surface area contributed by atoms with Gasteiger partial charge in [-0.3, -0.25) is 5.41 Å². The van der Waals surface area contributed by atoms with E-state index in [1.807, 2.05) is 0 Å². The van der Waals surface area contributed by atoms with E-state index < -0.39 is 0 Å². The van der Waals surface area contributed by atoms with Gasteiger partial charge in [0.25, 0.3) is 0 Å². The molecule has 0 aliphatic heterocycles. The van der Waals surface area contributed by atoms with Gasteiger partial charge in [-0.15, -0.1) is 24.0 Å². The molecule has 0 aromatic carbocycles. The Morgan fingerprint density at radius 1 is 1.67 bits per heavy atom. The van der Waals surface area contributed by atoms with Gasteiger partial charge in [0, 0.05) is 5.88 Å². The average Bonchev–Trinajstić information content (AvgIpc) is 1.66. The predicted octanol–water partition coefficient (Wildman–Crippen LogP) is 0.600. The first-order valence-electron chi connectivity index (χ1n) is 2.24. The molecule has 0 aromatic heterocycles. The number of nitrogens with two attached hydrogens (primary N) is 1. The lowest BCUT2D eigenvalue weighted by Crippen LogP contribution is -2.17. The lowest BCUT2D eigenvalue weighted by molar-refractivity contribution is 0.188. The zero-order valence-corrected chi connectivity index (χ0v) is 6.47. The summed E-state index contributed by atoms with van der Waals surface area (Å²) in [5, 5.41) is 6.68. The number of ether oxygens (including phenoxy) is 1. The number of alkyl halides is 1. The molecule has 0 aromatic rings. The molecule has 0 aliphatic carbocycles. The van der Waals surface area contributed by atoms with Crippen molar-refractivity contribution < 1.29 is 4.74 Å². The summed E-state index contributed by atoms with van der Waals surface area (Å²) in [4.78, 5) is 0. The van der Waals surface area contributed by atoms with Crippen LogP contribution in [0.5, 0.6) is 0 Å². The van der Waals surface area contributed by atoms with Crippen LogP contribution in [-0.2, 0) is 4.74 Å². The molecule has 0 atom stereocenters. The van der Waals surface area contributed by atoms with E-state index in [0.29, 0.717) is 12.5 Å². The lowest BCUT2D eigenvalue weighted by Gasteiger charge is -1.96. The van der Waals surface area contributed by atoms with Gasteiger partial charge in [0.1, 0.15) is 12.4 Å². The Bertz CT molecular complexity index is 79.0. The minimum absolute atomic E-state index is 0. The van der Waals surface area contributed by atoms with Crippen LogP contribution in [0.4, 0.5) is 0 Å². The highest BCUT2D eigenvalue weighted by molar-refractivity contribution is 6.17. The molecule has 3 N–H and O–H groups in total. The van der Waals surface area contributed by atoms with Crippen LogP contribution < -0.4 is 5.73 Å². The maximum absolute atomic E-state index is 6.68. The van der Waals surface area contributed by atoms with Crippen molar-refractivity contribution in [2.24, 2.45) is 5.73 Å². The summed E-state index contributed by atoms with van der Waals surface area (Å²) in [6.07, 6.45) is 0. The maximum atomic E-state index is 6.68. The first-order valence-corrected chi connectivity index (χ1v) is 2.77. The van der Waals surface area contributed by atoms with Gasteiger partial charge in [0.2, 0.25) is 0 Å². The zero-order valence-electron chi connectivity index (χ0n) is 4.89. The van der Waals surface area contributed by atoms with Gasteiger partial charge in [-0.25, -0.2) is 0 Å². The highest BCUT2D eigenvalue weighted by atomic mass is 35.5. The van der Waals surface area contributed by atoms with Crippen LogP contribution in [0.25, 0.3) is 0 Å². The normalized spacial score (nSPS) is 8.11. The molecule has 0 unspecified atom stereocenters. The smallest absolute Gasteiger partial charge is 0.117 e. The minimum atomic E-state index is 0. The Balaban J connectivity index is 0. The van der Waals surface area contributed by atoms with Crippen LogP contribution in [0.15, 0.2) is 0 Å². The second kappa shape index (κ2) is 8.01. The monoisotopic (exact) mass is 172 g/mol. The van der Waals surface area contributed by atoms with Crippen molar-refractivity contribution in [3.8, 4) is 0 Å². The fraction of sp³-hybridized carbons (Fsp3) is 0.750. The van der Waals surface area contributed by atoms with E-state index in [1.165, 1.54) is 0 Å². The largest absolute Gasteiger partial charge is 0.386 e. The van der Waals surface area contributed by atoms with Crippen molar-refractivity contribution >= 4 is 29.8 Å². The fourth-order valence-electron chi connectivity index (χ4n) is 0.237. The van der Waals surface area contributed by atoms with E-state index in [2.05, 4.69) is 0 Å². The molecule has 56 valence electrons. The Kier molecular flexibility index (Phi) is 10.5. The summed E-state index contributed by atoms with van der Waals surface area (Å²) in [6, 6.07) is 0. The quantitative estimate of drug-likeness (QED) is 0.283. The van der Waals surface area contributed by atoms with Crippen LogP contribution in [-0.4, -0.2) is 24.9 Å². The van der Waals surface area contributed by atoms with E-state index >= 15 is 0 Å². The molecule has 5 heteroatoms. The van der Waals surface area contributed by atoms with E-state index in [-0.39, 0.29) is 24.8 Å². The average molecular weight is 173 g/mol. The summed E-state index contributed by atoms with van der Waals surface area (Å²) in [6.45, 7) is 0.647. The second-order valence-electron chi connectivity index (χ2n) is 1.27. The SMILES string of the molecule is Cl.N=C(N)COCCCl. The van der Waals surface area contributed by atoms with E-state index in [1.54, 1.807) is 0 Å². The van der Waals surface area contributed by atoms with Gasteiger partial charge in [0.05, 0.1) is 6.61 Å². The summed E-state index contributed by atoms with van der Waals surface area (Å²) in [5.74, 6) is 0.489. The number of rotatable bonds is 4. The maximum Gasteiger partial charge on any atom is 0.117 e. The Morgan fingerprint density at radius 2 is 2.22 bits per heavy atom. The minimum Gasteiger partial charge on any atom is -0.386 e. The third-order valence-corrected chi connectivity index (χ3v) is 0.633. The van der Waals surface area contributed by atoms with E-state index in [9.17, 15) is 0 Å². The molecule has 0 saturated heterocycles. The highest BCUT2D eigenvalue weighted by Crippen LogP contribution is 1.76. The standard InChI is InChI=1S/C4H9ClN2O.ClH/c5-1-2-8-3-4(6)7;/h1-3H2,(H3,6,7);1H. The van der Waals surface area contributed by atoms with Gasteiger partial charge in [-0.05, 0) is 0 Å². The van der Waals surface area contributed by atoms with Crippen molar-refractivity contribution in [2.45, 2.75) is 0 Å². The Labute approximate surface area is 65.4 Å². The summed E-state index contributed by atoms with van der Waals surface area (Å²) in [7, 11) is 0. The van der Waals surface area contributed by atoms with Crippen molar-refractivity contribution in [3.63, 3.8) is 0 Å². The number of amidine groups is 1. The third-order valence-electron chi connectivity index (χ3n) is 0.479. The van der Waals surface area contributed by atoms with E-state index in [0.717, 1.165) is 0 Å². The van der Waals surface area contributed by atoms with Gasteiger partial charge in [-0.1, -0.05) is 0 Å². The van der Waals surface area contributed by atoms with Gasteiger partial charge in [0.15, 0.2) is 0 Å². The van der Waals surface area contributed by atoms with Crippen LogP contribution in [0.3, 0.4) is 0 Å². The Hall–Kier alpha value is 0.01000. The molecule has 0 bridgehead atoms. The van der Waals surface area contributed by atoms with Gasteiger partial charge >= 0.3 is 0 Å². The highest BCUT2D eigenvalue weighted by Gasteiger charge is 1.86. The summed E-state index contributed by atoms with van der Waals surface area (Å²) < 4.78 is 4.76. The molecule has 0 spiro atoms. The molecular weight excluding hydrogens is 163 g/mol.